The number of thiophene rings is 1. The number of carboxylic acid groups (broad SMARTS) is 1. The van der Waals surface area contributed by atoms with Crippen LogP contribution in [0.4, 0.5) is 0 Å². The number of carboxylic acids is 1. The van der Waals surface area contributed by atoms with E-state index in [-0.39, 0.29) is 22.9 Å². The SMILES string of the molecule is CCNS(=O)(=O)CCNS(=O)(=O)c1cc(C(=O)O)sc1C. The lowest BCUT2D eigenvalue weighted by Gasteiger charge is -2.07. The van der Waals surface area contributed by atoms with Gasteiger partial charge in [-0.25, -0.2) is 31.1 Å². The van der Waals surface area contributed by atoms with Gasteiger partial charge in [-0.2, -0.15) is 0 Å². The van der Waals surface area contributed by atoms with Crippen molar-refractivity contribution in [2.75, 3.05) is 18.8 Å². The van der Waals surface area contributed by atoms with Gasteiger partial charge in [-0.15, -0.1) is 11.3 Å². The largest absolute Gasteiger partial charge is 0.477 e. The van der Waals surface area contributed by atoms with Crippen LogP contribution in [0.5, 0.6) is 0 Å². The average molecular weight is 356 g/mol. The lowest BCUT2D eigenvalue weighted by atomic mass is 10.4. The average Bonchev–Trinajstić information content (AvgIpc) is 2.71. The third-order valence-electron chi connectivity index (χ3n) is 2.40. The summed E-state index contributed by atoms with van der Waals surface area (Å²) in [6.07, 6.45) is 0. The fraction of sp³-hybridized carbons (Fsp3) is 0.500. The molecule has 0 amide bonds. The summed E-state index contributed by atoms with van der Waals surface area (Å²) in [5.41, 5.74) is 0. The predicted octanol–water partition coefficient (Wildman–Crippen LogP) is -0.0277. The second-order valence-corrected chi connectivity index (χ2v) is 8.97. The highest BCUT2D eigenvalue weighted by Gasteiger charge is 2.22. The van der Waals surface area contributed by atoms with Crippen molar-refractivity contribution < 1.29 is 26.7 Å². The first-order chi connectivity index (χ1) is 9.59. The van der Waals surface area contributed by atoms with E-state index < -0.39 is 31.8 Å². The smallest absolute Gasteiger partial charge is 0.345 e. The van der Waals surface area contributed by atoms with E-state index in [1.54, 1.807) is 6.92 Å². The van der Waals surface area contributed by atoms with E-state index in [9.17, 15) is 21.6 Å². The number of nitrogens with one attached hydrogen (secondary N) is 2. The van der Waals surface area contributed by atoms with Crippen molar-refractivity contribution in [1.82, 2.24) is 9.44 Å². The Morgan fingerprint density at radius 3 is 2.38 bits per heavy atom. The molecule has 0 saturated carbocycles. The minimum atomic E-state index is -3.94. The van der Waals surface area contributed by atoms with E-state index in [4.69, 9.17) is 5.11 Å². The fourth-order valence-corrected chi connectivity index (χ4v) is 5.06. The van der Waals surface area contributed by atoms with Crippen molar-refractivity contribution in [2.45, 2.75) is 18.7 Å². The van der Waals surface area contributed by atoms with Gasteiger partial charge in [-0.1, -0.05) is 6.92 Å². The Bertz CT molecular complexity index is 720. The molecule has 0 aromatic carbocycles. The van der Waals surface area contributed by atoms with Gasteiger partial charge in [0.2, 0.25) is 20.0 Å². The molecule has 0 spiro atoms. The molecule has 11 heteroatoms. The first-order valence-electron chi connectivity index (χ1n) is 5.90. The molecule has 0 bridgehead atoms. The zero-order valence-corrected chi connectivity index (χ0v) is 13.9. The molecule has 1 rings (SSSR count). The third-order valence-corrected chi connectivity index (χ3v) is 6.62. The van der Waals surface area contributed by atoms with Crippen LogP contribution in [0.2, 0.25) is 0 Å². The van der Waals surface area contributed by atoms with E-state index in [0.717, 1.165) is 17.4 Å². The van der Waals surface area contributed by atoms with Crippen LogP contribution in [-0.4, -0.2) is 46.8 Å². The highest BCUT2D eigenvalue weighted by molar-refractivity contribution is 7.90. The van der Waals surface area contributed by atoms with Crippen molar-refractivity contribution >= 4 is 37.4 Å². The van der Waals surface area contributed by atoms with Crippen LogP contribution in [0.1, 0.15) is 21.5 Å². The second kappa shape index (κ2) is 6.83. The summed E-state index contributed by atoms with van der Waals surface area (Å²) in [4.78, 5) is 10.9. The molecule has 1 heterocycles. The molecule has 0 aliphatic heterocycles. The van der Waals surface area contributed by atoms with E-state index in [2.05, 4.69) is 9.44 Å². The van der Waals surface area contributed by atoms with E-state index in [0.29, 0.717) is 4.88 Å². The monoisotopic (exact) mass is 356 g/mol. The van der Waals surface area contributed by atoms with Crippen LogP contribution in [0, 0.1) is 6.92 Å². The van der Waals surface area contributed by atoms with Gasteiger partial charge >= 0.3 is 5.97 Å². The van der Waals surface area contributed by atoms with E-state index in [1.165, 1.54) is 6.92 Å². The zero-order valence-electron chi connectivity index (χ0n) is 11.4. The minimum Gasteiger partial charge on any atom is -0.477 e. The van der Waals surface area contributed by atoms with Crippen LogP contribution in [0.15, 0.2) is 11.0 Å². The number of carbonyl (C=O) groups is 1. The number of sulfonamides is 2. The third kappa shape index (κ3) is 5.04. The first kappa shape index (κ1) is 18.0. The van der Waals surface area contributed by atoms with Gasteiger partial charge in [-0.05, 0) is 13.0 Å². The van der Waals surface area contributed by atoms with Crippen molar-refractivity contribution in [3.63, 3.8) is 0 Å². The molecule has 0 fully saturated rings. The maximum Gasteiger partial charge on any atom is 0.345 e. The predicted molar refractivity (Wildman–Crippen MR) is 78.7 cm³/mol. The summed E-state index contributed by atoms with van der Waals surface area (Å²) in [5.74, 6) is -1.60. The number of hydrogen-bond donors (Lipinski definition) is 3. The molecule has 1 aromatic rings. The van der Waals surface area contributed by atoms with Gasteiger partial charge in [0.1, 0.15) is 4.88 Å². The molecule has 21 heavy (non-hydrogen) atoms. The molecule has 0 saturated heterocycles. The van der Waals surface area contributed by atoms with Crippen LogP contribution in [-0.2, 0) is 20.0 Å². The van der Waals surface area contributed by atoms with Gasteiger partial charge < -0.3 is 5.11 Å². The Morgan fingerprint density at radius 1 is 1.29 bits per heavy atom. The van der Waals surface area contributed by atoms with E-state index in [1.807, 2.05) is 0 Å². The Labute approximate surface area is 127 Å². The van der Waals surface area contributed by atoms with Crippen molar-refractivity contribution in [3.05, 3.63) is 15.8 Å². The molecule has 1 aromatic heterocycles. The van der Waals surface area contributed by atoms with Crippen molar-refractivity contribution in [1.29, 1.82) is 0 Å². The standard InChI is InChI=1S/C10H16N2O6S3/c1-3-11-20(15,16)5-4-12-21(17,18)9-6-8(10(13)14)19-7(9)2/h6,11-12H,3-5H2,1-2H3,(H,13,14). The van der Waals surface area contributed by atoms with Gasteiger partial charge in [0.05, 0.1) is 10.6 Å². The highest BCUT2D eigenvalue weighted by atomic mass is 32.2. The summed E-state index contributed by atoms with van der Waals surface area (Å²) in [5, 5.41) is 8.84. The fourth-order valence-electron chi connectivity index (χ4n) is 1.52. The number of aryl methyl sites for hydroxylation is 1. The van der Waals surface area contributed by atoms with Gasteiger partial charge in [0, 0.05) is 18.0 Å². The number of rotatable bonds is 8. The maximum atomic E-state index is 12.0. The first-order valence-corrected chi connectivity index (χ1v) is 9.85. The summed E-state index contributed by atoms with van der Waals surface area (Å²) in [7, 11) is -7.46. The topological polar surface area (TPSA) is 130 Å². The van der Waals surface area contributed by atoms with Crippen molar-refractivity contribution in [2.24, 2.45) is 0 Å². The van der Waals surface area contributed by atoms with Crippen LogP contribution < -0.4 is 9.44 Å². The van der Waals surface area contributed by atoms with Crippen LogP contribution in [0.25, 0.3) is 0 Å². The van der Waals surface area contributed by atoms with Crippen LogP contribution in [0.3, 0.4) is 0 Å². The molecule has 0 radical (unpaired) electrons. The van der Waals surface area contributed by atoms with Gasteiger partial charge in [0.25, 0.3) is 0 Å². The molecular weight excluding hydrogens is 340 g/mol. The normalized spacial score (nSPS) is 12.5. The number of hydrogen-bond acceptors (Lipinski definition) is 6. The quantitative estimate of drug-likeness (QED) is 0.600. The Morgan fingerprint density at radius 2 is 1.90 bits per heavy atom. The minimum absolute atomic E-state index is 0.0897. The summed E-state index contributed by atoms with van der Waals surface area (Å²) < 4.78 is 51.2. The maximum absolute atomic E-state index is 12.0. The molecule has 120 valence electrons. The number of aromatic carboxylic acids is 1. The molecule has 0 aliphatic carbocycles. The molecule has 0 aliphatic rings. The zero-order chi connectivity index (χ0) is 16.3. The summed E-state index contributed by atoms with van der Waals surface area (Å²) in [6, 6.07) is 1.06. The Hall–Kier alpha value is -1.01. The molecule has 8 nitrogen and oxygen atoms in total. The highest BCUT2D eigenvalue weighted by Crippen LogP contribution is 2.25. The van der Waals surface area contributed by atoms with Gasteiger partial charge in [0.15, 0.2) is 0 Å². The molecule has 0 atom stereocenters. The van der Waals surface area contributed by atoms with E-state index >= 15 is 0 Å². The van der Waals surface area contributed by atoms with Crippen molar-refractivity contribution in [3.8, 4) is 0 Å². The molecule has 0 unspecified atom stereocenters. The lowest BCUT2D eigenvalue weighted by molar-refractivity contribution is 0.0702. The van der Waals surface area contributed by atoms with Crippen LogP contribution >= 0.6 is 11.3 Å². The molecule has 3 N–H and O–H groups in total. The summed E-state index contributed by atoms with van der Waals surface area (Å²) in [6.45, 7) is 3.03. The molecular formula is C10H16N2O6S3. The lowest BCUT2D eigenvalue weighted by Crippen LogP contribution is -2.34. The second-order valence-electron chi connectivity index (χ2n) is 4.05. The van der Waals surface area contributed by atoms with Gasteiger partial charge in [-0.3, -0.25) is 0 Å². The Kier molecular flexibility index (Phi) is 5.87. The Balaban J connectivity index is 2.81. The summed E-state index contributed by atoms with van der Waals surface area (Å²) >= 11 is 0.847.